The second kappa shape index (κ2) is 6.81. The molecule has 114 valence electrons. The van der Waals surface area contributed by atoms with Gasteiger partial charge in [0.05, 0.1) is 0 Å². The fourth-order valence-corrected chi connectivity index (χ4v) is 2.43. The number of hydrogen-bond donors (Lipinski definition) is 1. The lowest BCUT2D eigenvalue weighted by molar-refractivity contribution is -0.138. The Morgan fingerprint density at radius 2 is 2.10 bits per heavy atom. The van der Waals surface area contributed by atoms with Crippen molar-refractivity contribution in [1.82, 2.24) is 15.2 Å². The number of pyridine rings is 1. The van der Waals surface area contributed by atoms with Crippen LogP contribution < -0.4 is 10.6 Å². The third-order valence-electron chi connectivity index (χ3n) is 2.66. The Bertz CT molecular complexity index is 558. The molecule has 0 amide bonds. The summed E-state index contributed by atoms with van der Waals surface area (Å²) < 4.78 is 37.8. The van der Waals surface area contributed by atoms with Gasteiger partial charge in [0.25, 0.3) is 0 Å². The maximum Gasteiger partial charge on any atom is 0.445 e. The molecule has 2 aromatic rings. The highest BCUT2D eigenvalue weighted by Gasteiger charge is 2.36. The first-order valence-corrected chi connectivity index (χ1v) is 7.07. The third-order valence-corrected chi connectivity index (χ3v) is 3.68. The molecule has 0 fully saturated rings. The average Bonchev–Trinajstić information content (AvgIpc) is 2.94. The number of rotatable bonds is 6. The number of hydrogen-bond acceptors (Lipinski definition) is 6. The third kappa shape index (κ3) is 4.36. The van der Waals surface area contributed by atoms with Crippen LogP contribution in [0.3, 0.4) is 0 Å². The van der Waals surface area contributed by atoms with Crippen LogP contribution in [0.25, 0.3) is 0 Å². The number of halogens is 3. The van der Waals surface area contributed by atoms with Crippen molar-refractivity contribution in [3.63, 3.8) is 0 Å². The molecule has 0 aromatic carbocycles. The first-order valence-electron chi connectivity index (χ1n) is 6.25. The highest BCUT2D eigenvalue weighted by molar-refractivity contribution is 7.15. The summed E-state index contributed by atoms with van der Waals surface area (Å²) in [5, 5.41) is 6.15. The molecular weight excluding hydrogens is 303 g/mol. The van der Waals surface area contributed by atoms with E-state index in [1.807, 2.05) is 6.07 Å². The molecule has 2 rings (SSSR count). The molecule has 5 nitrogen and oxygen atoms in total. The molecule has 0 radical (unpaired) electrons. The van der Waals surface area contributed by atoms with Crippen LogP contribution in [0.1, 0.15) is 17.0 Å². The molecule has 2 N–H and O–H groups in total. The predicted octanol–water partition coefficient (Wildman–Crippen LogP) is 2.31. The molecule has 0 aliphatic heterocycles. The second-order valence-corrected chi connectivity index (χ2v) is 5.27. The standard InChI is InChI=1S/C12H14F3N5S/c13-12(14,15)10-18-19-11(21-10)20(6-2-4-16)8-9-3-1-5-17-7-9/h1,3,5,7H,2,4,6,8,16H2. The van der Waals surface area contributed by atoms with Gasteiger partial charge in [-0.25, -0.2) is 0 Å². The van der Waals surface area contributed by atoms with Crippen LogP contribution in [0.15, 0.2) is 24.5 Å². The van der Waals surface area contributed by atoms with E-state index in [9.17, 15) is 13.2 Å². The van der Waals surface area contributed by atoms with Crippen molar-refractivity contribution in [2.24, 2.45) is 5.73 Å². The van der Waals surface area contributed by atoms with Crippen molar-refractivity contribution >= 4 is 16.5 Å². The zero-order chi connectivity index (χ0) is 15.3. The Morgan fingerprint density at radius 1 is 1.29 bits per heavy atom. The molecule has 0 aliphatic rings. The predicted molar refractivity (Wildman–Crippen MR) is 73.9 cm³/mol. The van der Waals surface area contributed by atoms with Crippen LogP contribution in [-0.4, -0.2) is 28.3 Å². The lowest BCUT2D eigenvalue weighted by Gasteiger charge is -2.20. The van der Waals surface area contributed by atoms with Gasteiger partial charge in [0.1, 0.15) is 0 Å². The molecule has 0 bridgehead atoms. The molecule has 0 spiro atoms. The highest BCUT2D eigenvalue weighted by atomic mass is 32.1. The molecule has 0 aliphatic carbocycles. The van der Waals surface area contributed by atoms with E-state index in [-0.39, 0.29) is 5.13 Å². The highest BCUT2D eigenvalue weighted by Crippen LogP contribution is 2.34. The number of nitrogens with zero attached hydrogens (tertiary/aromatic N) is 4. The van der Waals surface area contributed by atoms with Gasteiger partial charge in [-0.2, -0.15) is 13.2 Å². The monoisotopic (exact) mass is 317 g/mol. The van der Waals surface area contributed by atoms with Gasteiger partial charge in [0.15, 0.2) is 0 Å². The van der Waals surface area contributed by atoms with E-state index < -0.39 is 11.2 Å². The number of aromatic nitrogens is 3. The molecule has 21 heavy (non-hydrogen) atoms. The zero-order valence-electron chi connectivity index (χ0n) is 11.0. The van der Waals surface area contributed by atoms with Crippen molar-refractivity contribution in [2.45, 2.75) is 19.1 Å². The van der Waals surface area contributed by atoms with Gasteiger partial charge in [-0.15, -0.1) is 10.2 Å². The lowest BCUT2D eigenvalue weighted by atomic mass is 10.2. The largest absolute Gasteiger partial charge is 0.445 e. The van der Waals surface area contributed by atoms with E-state index in [1.54, 1.807) is 23.4 Å². The first kappa shape index (κ1) is 15.6. The summed E-state index contributed by atoms with van der Waals surface area (Å²) in [6, 6.07) is 3.63. The summed E-state index contributed by atoms with van der Waals surface area (Å²) in [4.78, 5) is 5.73. The van der Waals surface area contributed by atoms with Crippen LogP contribution in [0, 0.1) is 0 Å². The SMILES string of the molecule is NCCCN(Cc1cccnc1)c1nnc(C(F)(F)F)s1. The van der Waals surface area contributed by atoms with Gasteiger partial charge in [0, 0.05) is 25.5 Å². The minimum absolute atomic E-state index is 0.236. The Kier molecular flexibility index (Phi) is 5.07. The van der Waals surface area contributed by atoms with Gasteiger partial charge in [-0.3, -0.25) is 4.98 Å². The second-order valence-electron chi connectivity index (χ2n) is 4.31. The Labute approximate surface area is 123 Å². The van der Waals surface area contributed by atoms with Crippen molar-refractivity contribution < 1.29 is 13.2 Å². The van der Waals surface area contributed by atoms with Gasteiger partial charge >= 0.3 is 6.18 Å². The summed E-state index contributed by atoms with van der Waals surface area (Å²) in [5.41, 5.74) is 6.36. The maximum absolute atomic E-state index is 12.6. The molecule has 0 saturated carbocycles. The number of nitrogens with two attached hydrogens (primary N) is 1. The van der Waals surface area contributed by atoms with Crippen molar-refractivity contribution in [1.29, 1.82) is 0 Å². The van der Waals surface area contributed by atoms with E-state index in [0.29, 0.717) is 37.4 Å². The van der Waals surface area contributed by atoms with Gasteiger partial charge < -0.3 is 10.6 Å². The fourth-order valence-electron chi connectivity index (χ4n) is 1.69. The molecule has 0 atom stereocenters. The van der Waals surface area contributed by atoms with Crippen LogP contribution in [-0.2, 0) is 12.7 Å². The van der Waals surface area contributed by atoms with Gasteiger partial charge in [-0.05, 0) is 24.6 Å². The van der Waals surface area contributed by atoms with Gasteiger partial charge in [-0.1, -0.05) is 17.4 Å². The summed E-state index contributed by atoms with van der Waals surface area (Å²) in [6.45, 7) is 1.38. The Balaban J connectivity index is 2.17. The Hall–Kier alpha value is -1.74. The van der Waals surface area contributed by atoms with Crippen LogP contribution in [0.2, 0.25) is 0 Å². The van der Waals surface area contributed by atoms with Crippen LogP contribution in [0.5, 0.6) is 0 Å². The fraction of sp³-hybridized carbons (Fsp3) is 0.417. The summed E-state index contributed by atoms with van der Waals surface area (Å²) in [5.74, 6) is 0. The summed E-state index contributed by atoms with van der Waals surface area (Å²) in [6.07, 6.45) is -0.507. The molecular formula is C12H14F3N5S. The van der Waals surface area contributed by atoms with Crippen molar-refractivity contribution in [2.75, 3.05) is 18.0 Å². The minimum atomic E-state index is -4.47. The molecule has 2 aromatic heterocycles. The molecule has 9 heteroatoms. The smallest absolute Gasteiger partial charge is 0.342 e. The van der Waals surface area contributed by atoms with Gasteiger partial charge in [0.2, 0.25) is 10.1 Å². The topological polar surface area (TPSA) is 67.9 Å². The maximum atomic E-state index is 12.6. The van der Waals surface area contributed by atoms with E-state index in [0.717, 1.165) is 5.56 Å². The first-order chi connectivity index (χ1) is 10.0. The normalized spacial score (nSPS) is 11.6. The van der Waals surface area contributed by atoms with E-state index in [4.69, 9.17) is 5.73 Å². The summed E-state index contributed by atoms with van der Waals surface area (Å²) >= 11 is 0.535. The molecule has 0 unspecified atom stereocenters. The van der Waals surface area contributed by atoms with Crippen LogP contribution in [0.4, 0.5) is 18.3 Å². The molecule has 2 heterocycles. The minimum Gasteiger partial charge on any atom is -0.342 e. The van der Waals surface area contributed by atoms with Crippen molar-refractivity contribution in [3.05, 3.63) is 35.1 Å². The zero-order valence-corrected chi connectivity index (χ0v) is 11.9. The average molecular weight is 317 g/mol. The molecule has 0 saturated heterocycles. The van der Waals surface area contributed by atoms with E-state index in [2.05, 4.69) is 15.2 Å². The lowest BCUT2D eigenvalue weighted by Crippen LogP contribution is -2.25. The van der Waals surface area contributed by atoms with Crippen molar-refractivity contribution in [3.8, 4) is 0 Å². The Morgan fingerprint density at radius 3 is 2.67 bits per heavy atom. The summed E-state index contributed by atoms with van der Waals surface area (Å²) in [7, 11) is 0. The quantitative estimate of drug-likeness (QED) is 0.885. The van der Waals surface area contributed by atoms with Crippen LogP contribution >= 0.6 is 11.3 Å². The van der Waals surface area contributed by atoms with E-state index in [1.165, 1.54) is 0 Å². The van der Waals surface area contributed by atoms with E-state index >= 15 is 0 Å². The number of alkyl halides is 3. The number of anilines is 1.